The zero-order valence-corrected chi connectivity index (χ0v) is 5.37. The third kappa shape index (κ3) is 45.0. The first-order chi connectivity index (χ1) is 4.18. The van der Waals surface area contributed by atoms with Gasteiger partial charge in [-0.3, -0.25) is 4.79 Å². The van der Waals surface area contributed by atoms with E-state index in [1.54, 1.807) is 0 Å². The molecule has 0 amide bonds. The normalized spacial score (nSPS) is 6.78. The van der Waals surface area contributed by atoms with E-state index in [0.29, 0.717) is 6.42 Å². The van der Waals surface area contributed by atoms with Crippen LogP contribution in [0.1, 0.15) is 19.8 Å². The Morgan fingerprint density at radius 2 is 2.11 bits per heavy atom. The maximum absolute atomic E-state index is 9.60. The number of aliphatic carboxylic acids is 1. The maximum atomic E-state index is 9.60. The van der Waals surface area contributed by atoms with Crippen LogP contribution in [0.3, 0.4) is 0 Å². The summed E-state index contributed by atoms with van der Waals surface area (Å²) >= 11 is 0. The van der Waals surface area contributed by atoms with Crippen molar-refractivity contribution in [3.63, 3.8) is 0 Å². The highest BCUT2D eigenvalue weighted by atomic mass is 16.4. The highest BCUT2D eigenvalue weighted by Crippen LogP contribution is 1.82. The summed E-state index contributed by atoms with van der Waals surface area (Å²) in [5, 5.41) is 17.2. The van der Waals surface area contributed by atoms with E-state index in [9.17, 15) is 4.79 Å². The van der Waals surface area contributed by atoms with Crippen LogP contribution in [0, 0.1) is 0 Å². The SMILES string of the molecule is C=NO.CCCC(=O)O. The first-order valence-electron chi connectivity index (χ1n) is 2.50. The number of oxime groups is 1. The van der Waals surface area contributed by atoms with Gasteiger partial charge in [0.25, 0.3) is 0 Å². The average Bonchev–Trinajstić information content (AvgIpc) is 1.67. The molecule has 9 heavy (non-hydrogen) atoms. The van der Waals surface area contributed by atoms with E-state index in [1.807, 2.05) is 6.92 Å². The van der Waals surface area contributed by atoms with Gasteiger partial charge in [-0.15, -0.1) is 5.16 Å². The van der Waals surface area contributed by atoms with Crippen LogP contribution in [0.25, 0.3) is 0 Å². The molecule has 0 bridgehead atoms. The molecular formula is C5H11NO3. The van der Waals surface area contributed by atoms with Gasteiger partial charge in [0, 0.05) is 13.1 Å². The monoisotopic (exact) mass is 133 g/mol. The quantitative estimate of drug-likeness (QED) is 0.334. The molecule has 0 aliphatic heterocycles. The van der Waals surface area contributed by atoms with Gasteiger partial charge in [-0.2, -0.15) is 0 Å². The van der Waals surface area contributed by atoms with Gasteiger partial charge in [0.05, 0.1) is 0 Å². The number of carbonyl (C=O) groups is 1. The van der Waals surface area contributed by atoms with Crippen LogP contribution in [-0.4, -0.2) is 23.0 Å². The number of nitrogens with zero attached hydrogens (tertiary/aromatic N) is 1. The van der Waals surface area contributed by atoms with Crippen molar-refractivity contribution in [2.75, 3.05) is 0 Å². The molecule has 0 atom stereocenters. The summed E-state index contributed by atoms with van der Waals surface area (Å²) < 4.78 is 0. The van der Waals surface area contributed by atoms with Gasteiger partial charge in [-0.25, -0.2) is 0 Å². The summed E-state index contributed by atoms with van der Waals surface area (Å²) in [6.45, 7) is 4.51. The molecule has 0 aliphatic carbocycles. The molecule has 0 spiro atoms. The fourth-order valence-electron chi connectivity index (χ4n) is 0.214. The van der Waals surface area contributed by atoms with E-state index in [1.165, 1.54) is 0 Å². The lowest BCUT2D eigenvalue weighted by molar-refractivity contribution is -0.137. The first kappa shape index (κ1) is 10.8. The predicted octanol–water partition coefficient (Wildman–Crippen LogP) is 0.947. The second-order valence-electron chi connectivity index (χ2n) is 1.29. The van der Waals surface area contributed by atoms with Crippen molar-refractivity contribution in [1.29, 1.82) is 0 Å². The summed E-state index contributed by atoms with van der Waals surface area (Å²) in [5.74, 6) is -0.711. The molecule has 54 valence electrons. The summed E-state index contributed by atoms with van der Waals surface area (Å²) in [5.41, 5.74) is 0. The Morgan fingerprint density at radius 1 is 1.78 bits per heavy atom. The molecule has 0 aromatic heterocycles. The number of hydrogen-bond acceptors (Lipinski definition) is 3. The Hall–Kier alpha value is -1.06. The molecule has 0 fully saturated rings. The lowest BCUT2D eigenvalue weighted by atomic mass is 10.4. The second kappa shape index (κ2) is 10.0. The van der Waals surface area contributed by atoms with Crippen molar-refractivity contribution in [3.8, 4) is 0 Å². The van der Waals surface area contributed by atoms with Gasteiger partial charge in [-0.05, 0) is 6.42 Å². The Morgan fingerprint density at radius 3 is 2.11 bits per heavy atom. The van der Waals surface area contributed by atoms with Crippen molar-refractivity contribution < 1.29 is 15.1 Å². The lowest BCUT2D eigenvalue weighted by Gasteiger charge is -1.79. The standard InChI is InChI=1S/C4H8O2.CH3NO/c1-2-3-4(5)6;1-2-3/h2-3H2,1H3,(H,5,6);3H,1H2. The molecule has 0 heterocycles. The highest BCUT2D eigenvalue weighted by molar-refractivity contribution is 5.66. The third-order valence-corrected chi connectivity index (χ3v) is 0.464. The molecule has 0 rings (SSSR count). The smallest absolute Gasteiger partial charge is 0.303 e. The van der Waals surface area contributed by atoms with Gasteiger partial charge in [0.2, 0.25) is 0 Å². The molecule has 0 saturated heterocycles. The molecule has 4 heteroatoms. The summed E-state index contributed by atoms with van der Waals surface area (Å²) in [7, 11) is 0. The van der Waals surface area contributed by atoms with E-state index in [4.69, 9.17) is 10.3 Å². The largest absolute Gasteiger partial charge is 0.481 e. The number of hydrogen-bond donors (Lipinski definition) is 2. The summed E-state index contributed by atoms with van der Waals surface area (Å²) in [4.78, 5) is 9.60. The van der Waals surface area contributed by atoms with E-state index in [-0.39, 0.29) is 0 Å². The van der Waals surface area contributed by atoms with Crippen LogP contribution in [-0.2, 0) is 4.79 Å². The second-order valence-corrected chi connectivity index (χ2v) is 1.29. The average molecular weight is 133 g/mol. The number of carboxylic acid groups (broad SMARTS) is 1. The van der Waals surface area contributed by atoms with Crippen LogP contribution in [0.15, 0.2) is 5.16 Å². The Bertz CT molecular complexity index is 82.3. The van der Waals surface area contributed by atoms with Crippen LogP contribution in [0.4, 0.5) is 0 Å². The van der Waals surface area contributed by atoms with Crippen molar-refractivity contribution in [2.24, 2.45) is 5.16 Å². The molecule has 0 unspecified atom stereocenters. The minimum atomic E-state index is -0.711. The lowest BCUT2D eigenvalue weighted by Crippen LogP contribution is -1.90. The van der Waals surface area contributed by atoms with Crippen molar-refractivity contribution in [1.82, 2.24) is 0 Å². The predicted molar refractivity (Wildman–Crippen MR) is 33.9 cm³/mol. The van der Waals surface area contributed by atoms with Gasteiger partial charge in [0.15, 0.2) is 0 Å². The van der Waals surface area contributed by atoms with Crippen molar-refractivity contribution >= 4 is 12.7 Å². The number of carboxylic acids is 1. The summed E-state index contributed by atoms with van der Waals surface area (Å²) in [6, 6.07) is 0. The van der Waals surface area contributed by atoms with E-state index < -0.39 is 5.97 Å². The van der Waals surface area contributed by atoms with E-state index >= 15 is 0 Å². The van der Waals surface area contributed by atoms with E-state index in [0.717, 1.165) is 6.42 Å². The first-order valence-corrected chi connectivity index (χ1v) is 2.50. The molecular weight excluding hydrogens is 122 g/mol. The van der Waals surface area contributed by atoms with E-state index in [2.05, 4.69) is 11.9 Å². The Kier molecular flexibility index (Phi) is 12.1. The fourth-order valence-corrected chi connectivity index (χ4v) is 0.214. The molecule has 0 saturated carbocycles. The van der Waals surface area contributed by atoms with Gasteiger partial charge >= 0.3 is 5.97 Å². The molecule has 2 N–H and O–H groups in total. The minimum absolute atomic E-state index is 0.292. The molecule has 0 aliphatic rings. The van der Waals surface area contributed by atoms with Crippen LogP contribution in [0.2, 0.25) is 0 Å². The molecule has 0 radical (unpaired) electrons. The zero-order valence-electron chi connectivity index (χ0n) is 5.37. The topological polar surface area (TPSA) is 69.9 Å². The Labute approximate surface area is 53.8 Å². The maximum Gasteiger partial charge on any atom is 0.303 e. The highest BCUT2D eigenvalue weighted by Gasteiger charge is 1.87. The minimum Gasteiger partial charge on any atom is -0.481 e. The fraction of sp³-hybridized carbons (Fsp3) is 0.600. The molecule has 4 nitrogen and oxygen atoms in total. The number of rotatable bonds is 2. The van der Waals surface area contributed by atoms with Crippen LogP contribution < -0.4 is 0 Å². The summed E-state index contributed by atoms with van der Waals surface area (Å²) in [6.07, 6.45) is 1.02. The Balaban J connectivity index is 0. The molecule has 0 aromatic rings. The van der Waals surface area contributed by atoms with Crippen molar-refractivity contribution in [2.45, 2.75) is 19.8 Å². The van der Waals surface area contributed by atoms with Crippen LogP contribution in [0.5, 0.6) is 0 Å². The van der Waals surface area contributed by atoms with Crippen molar-refractivity contribution in [3.05, 3.63) is 0 Å². The van der Waals surface area contributed by atoms with Crippen LogP contribution >= 0.6 is 0 Å². The third-order valence-electron chi connectivity index (χ3n) is 0.464. The van der Waals surface area contributed by atoms with Gasteiger partial charge in [0.1, 0.15) is 0 Å². The molecule has 0 aromatic carbocycles. The van der Waals surface area contributed by atoms with Gasteiger partial charge < -0.3 is 10.3 Å². The van der Waals surface area contributed by atoms with Gasteiger partial charge in [-0.1, -0.05) is 6.92 Å². The zero-order chi connectivity index (χ0) is 7.70.